The summed E-state index contributed by atoms with van der Waals surface area (Å²) >= 11 is 0. The molecule has 0 amide bonds. The molecule has 128 valence electrons. The smallest absolute Gasteiger partial charge is 0.0701 e. The number of likely N-dealkylation sites (N-methyl/N-ethyl adjacent to an activating group) is 2. The zero-order valence-corrected chi connectivity index (χ0v) is 13.5. The van der Waals surface area contributed by atoms with Crippen molar-refractivity contribution >= 4 is 0 Å². The van der Waals surface area contributed by atoms with Crippen LogP contribution in [0.15, 0.2) is 0 Å². The van der Waals surface area contributed by atoms with E-state index in [1.165, 1.54) is 0 Å². The van der Waals surface area contributed by atoms with Crippen molar-refractivity contribution in [3.05, 3.63) is 0 Å². The highest BCUT2D eigenvalue weighted by Gasteiger charge is 1.93. The molecule has 0 unspecified atom stereocenters. The zero-order valence-electron chi connectivity index (χ0n) is 13.5. The lowest BCUT2D eigenvalue weighted by molar-refractivity contribution is -0.0104. The van der Waals surface area contributed by atoms with Crippen molar-refractivity contribution in [2.45, 2.75) is 0 Å². The van der Waals surface area contributed by atoms with Crippen molar-refractivity contribution in [1.29, 1.82) is 0 Å². The van der Waals surface area contributed by atoms with Gasteiger partial charge in [0.2, 0.25) is 0 Å². The summed E-state index contributed by atoms with van der Waals surface area (Å²) in [6, 6.07) is 0. The second-order valence-corrected chi connectivity index (χ2v) is 4.27. The first kappa shape index (κ1) is 20.7. The second-order valence-electron chi connectivity index (χ2n) is 4.27. The molecule has 0 rings (SSSR count). The zero-order chi connectivity index (χ0) is 15.4. The van der Waals surface area contributed by atoms with Gasteiger partial charge in [-0.15, -0.1) is 0 Å². The minimum absolute atomic E-state index is 0.582. The van der Waals surface area contributed by atoms with E-state index in [4.69, 9.17) is 23.7 Å². The molecular weight excluding hydrogens is 276 g/mol. The fourth-order valence-electron chi connectivity index (χ4n) is 1.33. The largest absolute Gasteiger partial charge is 0.378 e. The first-order valence-electron chi connectivity index (χ1n) is 7.59. The molecule has 0 aromatic rings. The molecule has 0 aliphatic carbocycles. The summed E-state index contributed by atoms with van der Waals surface area (Å²) < 4.78 is 26.7. The number of ether oxygens (including phenoxy) is 5. The molecule has 21 heavy (non-hydrogen) atoms. The molecule has 0 bridgehead atoms. The van der Waals surface area contributed by atoms with E-state index in [-0.39, 0.29) is 0 Å². The lowest BCUT2D eigenvalue weighted by atomic mass is 10.6. The molecule has 7 heteroatoms. The Kier molecular flexibility index (Phi) is 19.5. The van der Waals surface area contributed by atoms with Crippen molar-refractivity contribution in [3.63, 3.8) is 0 Å². The summed E-state index contributed by atoms with van der Waals surface area (Å²) in [7, 11) is 3.80. The third kappa shape index (κ3) is 19.7. The maximum Gasteiger partial charge on any atom is 0.0701 e. The highest BCUT2D eigenvalue weighted by atomic mass is 16.6. The Hall–Kier alpha value is -0.280. The van der Waals surface area contributed by atoms with Crippen LogP contribution < -0.4 is 10.6 Å². The first-order valence-corrected chi connectivity index (χ1v) is 7.59. The van der Waals surface area contributed by atoms with E-state index in [1.54, 1.807) is 0 Å². The summed E-state index contributed by atoms with van der Waals surface area (Å²) in [5.41, 5.74) is 0. The Morgan fingerprint density at radius 1 is 0.429 bits per heavy atom. The Bertz CT molecular complexity index is 169. The SMILES string of the molecule is CNCCOCCOCCOCCOCCOCCNC. The average molecular weight is 308 g/mol. The van der Waals surface area contributed by atoms with Gasteiger partial charge in [0.05, 0.1) is 66.1 Å². The molecule has 0 aromatic carbocycles. The third-order valence-electron chi connectivity index (χ3n) is 2.48. The van der Waals surface area contributed by atoms with E-state index in [0.717, 1.165) is 13.1 Å². The summed E-state index contributed by atoms with van der Waals surface area (Å²) in [6.07, 6.45) is 0. The van der Waals surface area contributed by atoms with Crippen LogP contribution in [0.3, 0.4) is 0 Å². The molecule has 0 spiro atoms. The summed E-state index contributed by atoms with van der Waals surface area (Å²) in [4.78, 5) is 0. The van der Waals surface area contributed by atoms with E-state index in [9.17, 15) is 0 Å². The van der Waals surface area contributed by atoms with Gasteiger partial charge in [-0.3, -0.25) is 0 Å². The van der Waals surface area contributed by atoms with Gasteiger partial charge in [-0.25, -0.2) is 0 Å². The van der Waals surface area contributed by atoms with Gasteiger partial charge in [0.15, 0.2) is 0 Å². The van der Waals surface area contributed by atoms with E-state index in [1.807, 2.05) is 14.1 Å². The summed E-state index contributed by atoms with van der Waals surface area (Å²) in [6.45, 7) is 7.95. The minimum Gasteiger partial charge on any atom is -0.378 e. The molecule has 7 nitrogen and oxygen atoms in total. The second kappa shape index (κ2) is 19.7. The van der Waals surface area contributed by atoms with Crippen molar-refractivity contribution in [1.82, 2.24) is 10.6 Å². The van der Waals surface area contributed by atoms with Gasteiger partial charge >= 0.3 is 0 Å². The maximum atomic E-state index is 5.37. The molecule has 0 saturated heterocycles. The number of rotatable bonds is 18. The summed E-state index contributed by atoms with van der Waals surface area (Å²) in [5.74, 6) is 0. The molecule has 0 saturated carbocycles. The lowest BCUT2D eigenvalue weighted by Gasteiger charge is -2.07. The van der Waals surface area contributed by atoms with Crippen LogP contribution in [0.5, 0.6) is 0 Å². The van der Waals surface area contributed by atoms with Gasteiger partial charge in [-0.2, -0.15) is 0 Å². The third-order valence-corrected chi connectivity index (χ3v) is 2.48. The number of hydrogen-bond donors (Lipinski definition) is 2. The molecule has 2 N–H and O–H groups in total. The number of nitrogens with one attached hydrogen (secondary N) is 2. The van der Waals surface area contributed by atoms with Crippen LogP contribution in [-0.4, -0.2) is 93.3 Å². The highest BCUT2D eigenvalue weighted by Crippen LogP contribution is 1.83. The van der Waals surface area contributed by atoms with Gasteiger partial charge in [-0.1, -0.05) is 0 Å². The molecule has 0 atom stereocenters. The first-order chi connectivity index (χ1) is 10.4. The fourth-order valence-corrected chi connectivity index (χ4v) is 1.33. The van der Waals surface area contributed by atoms with Crippen LogP contribution in [0.1, 0.15) is 0 Å². The molecule has 0 heterocycles. The fraction of sp³-hybridized carbons (Fsp3) is 1.00. The van der Waals surface area contributed by atoms with Gasteiger partial charge in [0.25, 0.3) is 0 Å². The molecule has 0 fully saturated rings. The monoisotopic (exact) mass is 308 g/mol. The van der Waals surface area contributed by atoms with Crippen molar-refractivity contribution in [2.24, 2.45) is 0 Å². The van der Waals surface area contributed by atoms with Crippen LogP contribution in [-0.2, 0) is 23.7 Å². The van der Waals surface area contributed by atoms with Crippen LogP contribution in [0.4, 0.5) is 0 Å². The lowest BCUT2D eigenvalue weighted by Crippen LogP contribution is -2.17. The summed E-state index contributed by atoms with van der Waals surface area (Å²) in [5, 5.41) is 6.02. The van der Waals surface area contributed by atoms with E-state index in [2.05, 4.69) is 10.6 Å². The highest BCUT2D eigenvalue weighted by molar-refractivity contribution is 4.38. The molecule has 0 aliphatic rings. The standard InChI is InChI=1S/C14H32N2O5/c1-15-3-5-17-7-9-19-11-13-21-14-12-20-10-8-18-6-4-16-2/h15-16H,3-14H2,1-2H3. The van der Waals surface area contributed by atoms with Crippen molar-refractivity contribution < 1.29 is 23.7 Å². The molecule has 0 aliphatic heterocycles. The quantitative estimate of drug-likeness (QED) is 0.331. The van der Waals surface area contributed by atoms with E-state index < -0.39 is 0 Å². The van der Waals surface area contributed by atoms with Crippen LogP contribution in [0.25, 0.3) is 0 Å². The molecule has 0 aromatic heterocycles. The number of hydrogen-bond acceptors (Lipinski definition) is 7. The molecule has 0 radical (unpaired) electrons. The Balaban J connectivity index is 2.90. The van der Waals surface area contributed by atoms with Crippen LogP contribution in [0, 0.1) is 0 Å². The van der Waals surface area contributed by atoms with Gasteiger partial charge < -0.3 is 34.3 Å². The Morgan fingerprint density at radius 3 is 0.905 bits per heavy atom. The normalized spacial score (nSPS) is 11.1. The predicted octanol–water partition coefficient (Wildman–Crippen LogP) is -0.492. The predicted molar refractivity (Wildman–Crippen MR) is 81.9 cm³/mol. The van der Waals surface area contributed by atoms with E-state index >= 15 is 0 Å². The van der Waals surface area contributed by atoms with Crippen LogP contribution >= 0.6 is 0 Å². The topological polar surface area (TPSA) is 70.2 Å². The Labute approximate surface area is 128 Å². The molecular formula is C14H32N2O5. The Morgan fingerprint density at radius 2 is 0.667 bits per heavy atom. The van der Waals surface area contributed by atoms with E-state index in [0.29, 0.717) is 66.1 Å². The van der Waals surface area contributed by atoms with Crippen molar-refractivity contribution in [3.8, 4) is 0 Å². The van der Waals surface area contributed by atoms with Gasteiger partial charge in [0, 0.05) is 13.1 Å². The van der Waals surface area contributed by atoms with Crippen LogP contribution in [0.2, 0.25) is 0 Å². The van der Waals surface area contributed by atoms with Gasteiger partial charge in [-0.05, 0) is 14.1 Å². The van der Waals surface area contributed by atoms with Gasteiger partial charge in [0.1, 0.15) is 0 Å². The average Bonchev–Trinajstić information content (AvgIpc) is 2.50. The van der Waals surface area contributed by atoms with Crippen molar-refractivity contribution in [2.75, 3.05) is 93.3 Å². The minimum atomic E-state index is 0.582. The maximum absolute atomic E-state index is 5.37.